The maximum absolute atomic E-state index is 12.0. The summed E-state index contributed by atoms with van der Waals surface area (Å²) in [5.74, 6) is 0.794. The Morgan fingerprint density at radius 2 is 1.59 bits per heavy atom. The van der Waals surface area contributed by atoms with Crippen molar-refractivity contribution in [1.29, 1.82) is 0 Å². The number of urea groups is 1. The van der Waals surface area contributed by atoms with Gasteiger partial charge < -0.3 is 16.0 Å². The van der Waals surface area contributed by atoms with Crippen molar-refractivity contribution in [3.63, 3.8) is 0 Å². The highest BCUT2D eigenvalue weighted by molar-refractivity contribution is 5.77. The molecular weight excluding hydrogens is 422 g/mol. The molecule has 192 valence electrons. The van der Waals surface area contributed by atoms with Gasteiger partial charge in [-0.25, -0.2) is 4.79 Å². The second-order valence-corrected chi connectivity index (χ2v) is 10.4. The van der Waals surface area contributed by atoms with Gasteiger partial charge in [-0.2, -0.15) is 0 Å². The first-order chi connectivity index (χ1) is 16.5. The monoisotopic (exact) mass is 471 g/mol. The van der Waals surface area contributed by atoms with Gasteiger partial charge in [-0.05, 0) is 56.1 Å². The van der Waals surface area contributed by atoms with Gasteiger partial charge in [-0.15, -0.1) is 0 Å². The van der Waals surface area contributed by atoms with Crippen LogP contribution in [0.4, 0.5) is 4.79 Å². The fourth-order valence-electron chi connectivity index (χ4n) is 4.73. The normalized spacial score (nSPS) is 17.6. The lowest BCUT2D eigenvalue weighted by atomic mass is 9.98. The van der Waals surface area contributed by atoms with Crippen LogP contribution in [-0.4, -0.2) is 30.6 Å². The number of carbonyl (C=O) groups excluding carboxylic acids is 2. The van der Waals surface area contributed by atoms with Crippen molar-refractivity contribution in [2.75, 3.05) is 6.54 Å². The van der Waals surface area contributed by atoms with E-state index in [9.17, 15) is 9.59 Å². The number of amides is 3. The van der Waals surface area contributed by atoms with Crippen LogP contribution in [0.15, 0.2) is 24.3 Å². The fraction of sp³-hybridized carbons (Fsp3) is 0.724. The average Bonchev–Trinajstić information content (AvgIpc) is 3.14. The highest BCUT2D eigenvalue weighted by Gasteiger charge is 2.26. The Labute approximate surface area is 208 Å². The van der Waals surface area contributed by atoms with Crippen LogP contribution in [0.5, 0.6) is 0 Å². The molecule has 1 aromatic carbocycles. The van der Waals surface area contributed by atoms with Gasteiger partial charge in [0.15, 0.2) is 0 Å². The minimum atomic E-state index is -0.0594. The predicted molar refractivity (Wildman–Crippen MR) is 142 cm³/mol. The van der Waals surface area contributed by atoms with E-state index in [4.69, 9.17) is 0 Å². The molecule has 3 N–H and O–H groups in total. The van der Waals surface area contributed by atoms with E-state index in [1.54, 1.807) is 0 Å². The Hall–Kier alpha value is -2.04. The number of benzene rings is 1. The van der Waals surface area contributed by atoms with Crippen molar-refractivity contribution >= 4 is 11.9 Å². The number of rotatable bonds is 18. The summed E-state index contributed by atoms with van der Waals surface area (Å²) >= 11 is 0. The zero-order chi connectivity index (χ0) is 24.6. The van der Waals surface area contributed by atoms with Gasteiger partial charge in [0.2, 0.25) is 5.91 Å². The maximum atomic E-state index is 12.0. The second-order valence-electron chi connectivity index (χ2n) is 10.4. The van der Waals surface area contributed by atoms with Crippen LogP contribution in [0.1, 0.15) is 121 Å². The molecule has 1 aromatic rings. The summed E-state index contributed by atoms with van der Waals surface area (Å²) in [6, 6.07) is 9.45. The van der Waals surface area contributed by atoms with Crippen molar-refractivity contribution in [2.24, 2.45) is 0 Å². The molecule has 2 atom stereocenters. The summed E-state index contributed by atoms with van der Waals surface area (Å²) in [7, 11) is 0. The number of hydrogen-bond acceptors (Lipinski definition) is 2. The summed E-state index contributed by atoms with van der Waals surface area (Å²) in [5.41, 5.74) is 2.94. The summed E-state index contributed by atoms with van der Waals surface area (Å²) in [4.78, 5) is 23.2. The average molecular weight is 472 g/mol. The van der Waals surface area contributed by atoms with Crippen molar-refractivity contribution in [3.05, 3.63) is 35.4 Å². The molecular formula is C29H49N3O2. The Balaban J connectivity index is 1.33. The standard InChI is InChI=1S/C29H49N3O2/c1-23(2)26-18-15-17-25(22-26)16-11-8-6-4-5-7-9-14-21-30-28(33)20-13-10-12-19-27-24(3)31-29(34)32-27/h15,17-18,22-24,27H,4-14,16,19-21H2,1-3H3,(H,30,33)(H2,31,32,34). The Morgan fingerprint density at radius 1 is 0.912 bits per heavy atom. The second kappa shape index (κ2) is 16.6. The highest BCUT2D eigenvalue weighted by Crippen LogP contribution is 2.18. The number of carbonyl (C=O) groups is 2. The number of unbranched alkanes of at least 4 members (excludes halogenated alkanes) is 9. The van der Waals surface area contributed by atoms with E-state index >= 15 is 0 Å². The zero-order valence-electron chi connectivity index (χ0n) is 22.0. The van der Waals surface area contributed by atoms with Gasteiger partial charge >= 0.3 is 6.03 Å². The summed E-state index contributed by atoms with van der Waals surface area (Å²) < 4.78 is 0. The van der Waals surface area contributed by atoms with E-state index < -0.39 is 0 Å². The molecule has 5 heteroatoms. The summed E-state index contributed by atoms with van der Waals surface area (Å²) in [5, 5.41) is 8.89. The van der Waals surface area contributed by atoms with Gasteiger partial charge in [0.25, 0.3) is 0 Å². The number of hydrogen-bond donors (Lipinski definition) is 3. The largest absolute Gasteiger partial charge is 0.356 e. The van der Waals surface area contributed by atoms with Crippen molar-refractivity contribution in [2.45, 2.75) is 129 Å². The molecule has 0 aromatic heterocycles. The molecule has 5 nitrogen and oxygen atoms in total. The third-order valence-electron chi connectivity index (χ3n) is 7.03. The van der Waals surface area contributed by atoms with E-state index in [0.717, 1.165) is 38.6 Å². The van der Waals surface area contributed by atoms with E-state index in [0.29, 0.717) is 12.3 Å². The van der Waals surface area contributed by atoms with Gasteiger partial charge in [-0.1, -0.05) is 89.5 Å². The molecule has 0 bridgehead atoms. The van der Waals surface area contributed by atoms with Crippen LogP contribution >= 0.6 is 0 Å². The number of nitrogens with one attached hydrogen (secondary N) is 3. The Bertz CT molecular complexity index is 719. The third-order valence-corrected chi connectivity index (χ3v) is 7.03. The molecule has 0 radical (unpaired) electrons. The SMILES string of the molecule is CC(C)c1cccc(CCCCCCCCCCNC(=O)CCCCCC2NC(=O)NC2C)c1. The smallest absolute Gasteiger partial charge is 0.315 e. The quantitative estimate of drug-likeness (QED) is 0.211. The first kappa shape index (κ1) is 28.2. The van der Waals surface area contributed by atoms with Crippen molar-refractivity contribution in [3.8, 4) is 0 Å². The number of aryl methyl sites for hydroxylation is 1. The molecule has 0 saturated carbocycles. The molecule has 1 heterocycles. The molecule has 3 amide bonds. The lowest BCUT2D eigenvalue weighted by molar-refractivity contribution is -0.121. The lowest BCUT2D eigenvalue weighted by Crippen LogP contribution is -2.30. The molecule has 1 saturated heterocycles. The molecule has 1 aliphatic rings. The van der Waals surface area contributed by atoms with Crippen molar-refractivity contribution < 1.29 is 9.59 Å². The van der Waals surface area contributed by atoms with Gasteiger partial charge in [0.05, 0.1) is 6.04 Å². The zero-order valence-corrected chi connectivity index (χ0v) is 22.0. The van der Waals surface area contributed by atoms with Crippen LogP contribution in [0.2, 0.25) is 0 Å². The van der Waals surface area contributed by atoms with Crippen LogP contribution in [-0.2, 0) is 11.2 Å². The first-order valence-electron chi connectivity index (χ1n) is 13.9. The lowest BCUT2D eigenvalue weighted by Gasteiger charge is -2.13. The molecule has 2 unspecified atom stereocenters. The third kappa shape index (κ3) is 11.9. The predicted octanol–water partition coefficient (Wildman–Crippen LogP) is 6.61. The molecule has 1 aliphatic heterocycles. The Kier molecular flexibility index (Phi) is 13.7. The topological polar surface area (TPSA) is 70.2 Å². The van der Waals surface area contributed by atoms with Gasteiger partial charge in [0.1, 0.15) is 0 Å². The van der Waals surface area contributed by atoms with E-state index in [-0.39, 0.29) is 24.0 Å². The molecule has 34 heavy (non-hydrogen) atoms. The minimum Gasteiger partial charge on any atom is -0.356 e. The van der Waals surface area contributed by atoms with Crippen LogP contribution in [0.3, 0.4) is 0 Å². The highest BCUT2D eigenvalue weighted by atomic mass is 16.2. The van der Waals surface area contributed by atoms with Gasteiger partial charge in [0, 0.05) is 19.0 Å². The van der Waals surface area contributed by atoms with Crippen LogP contribution in [0, 0.1) is 0 Å². The van der Waals surface area contributed by atoms with Crippen LogP contribution < -0.4 is 16.0 Å². The van der Waals surface area contributed by atoms with Gasteiger partial charge in [-0.3, -0.25) is 4.79 Å². The minimum absolute atomic E-state index is 0.0594. The molecule has 0 aliphatic carbocycles. The van der Waals surface area contributed by atoms with E-state index in [2.05, 4.69) is 54.1 Å². The summed E-state index contributed by atoms with van der Waals surface area (Å²) in [6.45, 7) is 7.36. The van der Waals surface area contributed by atoms with E-state index in [1.165, 1.54) is 62.5 Å². The molecule has 1 fully saturated rings. The molecule has 0 spiro atoms. The maximum Gasteiger partial charge on any atom is 0.315 e. The first-order valence-corrected chi connectivity index (χ1v) is 13.9. The Morgan fingerprint density at radius 3 is 2.26 bits per heavy atom. The fourth-order valence-corrected chi connectivity index (χ4v) is 4.73. The van der Waals surface area contributed by atoms with Crippen LogP contribution in [0.25, 0.3) is 0 Å². The van der Waals surface area contributed by atoms with E-state index in [1.807, 2.05) is 6.92 Å². The summed E-state index contributed by atoms with van der Waals surface area (Å²) in [6.07, 6.45) is 16.0. The van der Waals surface area contributed by atoms with Crippen molar-refractivity contribution in [1.82, 2.24) is 16.0 Å². The molecule has 2 rings (SSSR count).